The van der Waals surface area contributed by atoms with Gasteiger partial charge >= 0.3 is 0 Å². The lowest BCUT2D eigenvalue weighted by Crippen LogP contribution is -2.25. The van der Waals surface area contributed by atoms with E-state index in [0.717, 1.165) is 42.4 Å². The van der Waals surface area contributed by atoms with Crippen molar-refractivity contribution in [1.29, 1.82) is 0 Å². The van der Waals surface area contributed by atoms with Gasteiger partial charge < -0.3 is 10.2 Å². The van der Waals surface area contributed by atoms with Crippen LogP contribution in [0.4, 0.5) is 11.4 Å². The van der Waals surface area contributed by atoms with Crippen molar-refractivity contribution in [3.63, 3.8) is 0 Å². The molecule has 6 nitrogen and oxygen atoms in total. The minimum absolute atomic E-state index is 0.116. The summed E-state index contributed by atoms with van der Waals surface area (Å²) in [6.45, 7) is 5.01. The zero-order chi connectivity index (χ0) is 20.9. The monoisotopic (exact) mass is 404 g/mol. The van der Waals surface area contributed by atoms with Gasteiger partial charge in [-0.3, -0.25) is 9.59 Å². The van der Waals surface area contributed by atoms with Gasteiger partial charge in [0.2, 0.25) is 11.8 Å². The van der Waals surface area contributed by atoms with Crippen LogP contribution in [0, 0.1) is 5.92 Å². The Kier molecular flexibility index (Phi) is 6.12. The van der Waals surface area contributed by atoms with E-state index in [9.17, 15) is 9.59 Å². The Balaban J connectivity index is 1.25. The van der Waals surface area contributed by atoms with Gasteiger partial charge in [-0.05, 0) is 42.2 Å². The number of anilines is 2. The molecule has 4 rings (SSSR count). The zero-order valence-electron chi connectivity index (χ0n) is 17.4. The second-order valence-electron chi connectivity index (χ2n) is 8.11. The Labute approximate surface area is 177 Å². The third kappa shape index (κ3) is 4.87. The summed E-state index contributed by atoms with van der Waals surface area (Å²) in [5.41, 5.74) is 3.90. The molecule has 0 aliphatic carbocycles. The van der Waals surface area contributed by atoms with Crippen molar-refractivity contribution < 1.29 is 9.59 Å². The van der Waals surface area contributed by atoms with Crippen LogP contribution < -0.4 is 10.2 Å². The Bertz CT molecular complexity index is 924. The standard InChI is InChI=1S/C24H28N4O2/c1-18-13-15-27(17-18)21-9-7-20(8-10-21)25-23(29)11-12-24(30)28-16-14-22(26-28)19-5-3-2-4-6-19/h2-10,18H,11-17H2,1H3,(H,25,29). The zero-order valence-corrected chi connectivity index (χ0v) is 17.4. The molecule has 0 saturated carbocycles. The molecular weight excluding hydrogens is 376 g/mol. The van der Waals surface area contributed by atoms with E-state index in [4.69, 9.17) is 0 Å². The molecule has 1 fully saturated rings. The number of carbonyl (C=O) groups excluding carboxylic acids is 2. The highest BCUT2D eigenvalue weighted by Gasteiger charge is 2.22. The molecule has 2 aliphatic heterocycles. The molecule has 156 valence electrons. The minimum atomic E-state index is -0.155. The highest BCUT2D eigenvalue weighted by atomic mass is 16.2. The molecule has 2 aromatic rings. The summed E-state index contributed by atoms with van der Waals surface area (Å²) in [5, 5.41) is 8.81. The number of nitrogens with zero attached hydrogens (tertiary/aromatic N) is 3. The van der Waals surface area contributed by atoms with E-state index in [1.807, 2.05) is 54.6 Å². The van der Waals surface area contributed by atoms with Gasteiger partial charge in [0.1, 0.15) is 0 Å². The van der Waals surface area contributed by atoms with Crippen LogP contribution in [0.15, 0.2) is 59.7 Å². The third-order valence-electron chi connectivity index (χ3n) is 5.70. The van der Waals surface area contributed by atoms with Crippen LogP contribution in [-0.2, 0) is 9.59 Å². The predicted octanol–water partition coefficient (Wildman–Crippen LogP) is 3.89. The van der Waals surface area contributed by atoms with Crippen molar-refractivity contribution in [3.8, 4) is 0 Å². The van der Waals surface area contributed by atoms with Crippen LogP contribution in [0.2, 0.25) is 0 Å². The fourth-order valence-corrected chi connectivity index (χ4v) is 3.97. The smallest absolute Gasteiger partial charge is 0.243 e. The van der Waals surface area contributed by atoms with Gasteiger partial charge in [0, 0.05) is 43.7 Å². The summed E-state index contributed by atoms with van der Waals surface area (Å²) in [5.74, 6) is 0.456. The number of amides is 2. The number of carbonyl (C=O) groups is 2. The van der Waals surface area contributed by atoms with Gasteiger partial charge in [-0.1, -0.05) is 37.3 Å². The Morgan fingerprint density at radius 2 is 1.80 bits per heavy atom. The van der Waals surface area contributed by atoms with Crippen molar-refractivity contribution in [1.82, 2.24) is 5.01 Å². The SMILES string of the molecule is CC1CCN(c2ccc(NC(=O)CCC(=O)N3CCC(c4ccccc4)=N3)cc2)C1. The summed E-state index contributed by atoms with van der Waals surface area (Å²) >= 11 is 0. The molecular formula is C24H28N4O2. The van der Waals surface area contributed by atoms with E-state index in [2.05, 4.69) is 22.2 Å². The molecule has 1 atom stereocenters. The van der Waals surface area contributed by atoms with Crippen LogP contribution in [0.5, 0.6) is 0 Å². The molecule has 2 aromatic carbocycles. The highest BCUT2D eigenvalue weighted by molar-refractivity contribution is 6.02. The van der Waals surface area contributed by atoms with Crippen molar-refractivity contribution in [2.24, 2.45) is 11.0 Å². The first-order valence-corrected chi connectivity index (χ1v) is 10.7. The lowest BCUT2D eigenvalue weighted by atomic mass is 10.1. The maximum Gasteiger partial charge on any atom is 0.243 e. The number of hydrazone groups is 1. The normalized spacial score (nSPS) is 18.4. The van der Waals surface area contributed by atoms with Gasteiger partial charge in [0.05, 0.1) is 12.3 Å². The Morgan fingerprint density at radius 1 is 1.03 bits per heavy atom. The van der Waals surface area contributed by atoms with E-state index >= 15 is 0 Å². The number of rotatable bonds is 6. The van der Waals surface area contributed by atoms with Gasteiger partial charge in [0.25, 0.3) is 0 Å². The van der Waals surface area contributed by atoms with Gasteiger partial charge in [-0.15, -0.1) is 0 Å². The molecule has 1 N–H and O–H groups in total. The summed E-state index contributed by atoms with van der Waals surface area (Å²) in [6.07, 6.45) is 2.27. The lowest BCUT2D eigenvalue weighted by Gasteiger charge is -2.18. The van der Waals surface area contributed by atoms with E-state index < -0.39 is 0 Å². The van der Waals surface area contributed by atoms with Crippen LogP contribution in [0.3, 0.4) is 0 Å². The number of nitrogens with one attached hydrogen (secondary N) is 1. The summed E-state index contributed by atoms with van der Waals surface area (Å²) in [4.78, 5) is 27.1. The summed E-state index contributed by atoms with van der Waals surface area (Å²) in [7, 11) is 0. The first-order valence-electron chi connectivity index (χ1n) is 10.7. The first-order chi connectivity index (χ1) is 14.6. The molecule has 2 amide bonds. The lowest BCUT2D eigenvalue weighted by molar-refractivity contribution is -0.132. The van der Waals surface area contributed by atoms with Gasteiger partial charge in [0.15, 0.2) is 0 Å². The van der Waals surface area contributed by atoms with E-state index in [1.165, 1.54) is 17.1 Å². The quantitative estimate of drug-likeness (QED) is 0.794. The maximum absolute atomic E-state index is 12.4. The molecule has 1 unspecified atom stereocenters. The van der Waals surface area contributed by atoms with Gasteiger partial charge in [-0.2, -0.15) is 5.10 Å². The van der Waals surface area contributed by atoms with Crippen LogP contribution >= 0.6 is 0 Å². The Hall–Kier alpha value is -3.15. The molecule has 30 heavy (non-hydrogen) atoms. The molecule has 6 heteroatoms. The summed E-state index contributed by atoms with van der Waals surface area (Å²) < 4.78 is 0. The summed E-state index contributed by atoms with van der Waals surface area (Å²) in [6, 6.07) is 17.8. The Morgan fingerprint density at radius 3 is 2.50 bits per heavy atom. The molecule has 2 aliphatic rings. The van der Waals surface area contributed by atoms with Crippen LogP contribution in [-0.4, -0.2) is 42.2 Å². The number of benzene rings is 2. The van der Waals surface area contributed by atoms with Crippen molar-refractivity contribution in [2.75, 3.05) is 29.9 Å². The van der Waals surface area contributed by atoms with Crippen molar-refractivity contribution in [3.05, 3.63) is 60.2 Å². The van der Waals surface area contributed by atoms with Crippen LogP contribution in [0.1, 0.15) is 38.2 Å². The van der Waals surface area contributed by atoms with E-state index in [-0.39, 0.29) is 24.7 Å². The topological polar surface area (TPSA) is 65.0 Å². The fraction of sp³-hybridized carbons (Fsp3) is 0.375. The van der Waals surface area contributed by atoms with E-state index in [1.54, 1.807) is 0 Å². The second kappa shape index (κ2) is 9.11. The molecule has 0 bridgehead atoms. The predicted molar refractivity (Wildman–Crippen MR) is 120 cm³/mol. The van der Waals surface area contributed by atoms with Crippen molar-refractivity contribution >= 4 is 28.9 Å². The second-order valence-corrected chi connectivity index (χ2v) is 8.11. The van der Waals surface area contributed by atoms with E-state index in [0.29, 0.717) is 6.54 Å². The highest BCUT2D eigenvalue weighted by Crippen LogP contribution is 2.25. The number of hydrogen-bond acceptors (Lipinski definition) is 4. The first kappa shape index (κ1) is 20.1. The third-order valence-corrected chi connectivity index (χ3v) is 5.70. The maximum atomic E-state index is 12.4. The average molecular weight is 405 g/mol. The average Bonchev–Trinajstić information content (AvgIpc) is 3.43. The molecule has 0 aromatic heterocycles. The number of hydrogen-bond donors (Lipinski definition) is 1. The molecule has 1 saturated heterocycles. The fourth-order valence-electron chi connectivity index (χ4n) is 3.97. The van der Waals surface area contributed by atoms with Crippen molar-refractivity contribution in [2.45, 2.75) is 32.6 Å². The van der Waals surface area contributed by atoms with Crippen LogP contribution in [0.25, 0.3) is 0 Å². The molecule has 2 heterocycles. The largest absolute Gasteiger partial charge is 0.371 e. The molecule has 0 radical (unpaired) electrons. The van der Waals surface area contributed by atoms with Gasteiger partial charge in [-0.25, -0.2) is 5.01 Å². The molecule has 0 spiro atoms. The minimum Gasteiger partial charge on any atom is -0.371 e.